The Morgan fingerprint density at radius 2 is 1.95 bits per heavy atom. The third kappa shape index (κ3) is 3.88. The summed E-state index contributed by atoms with van der Waals surface area (Å²) in [4.78, 5) is 13.5. The number of carbonyl (C=O) groups is 1. The minimum atomic E-state index is -0.926. The number of aromatic carboxylic acids is 1. The maximum atomic E-state index is 11.3. The third-order valence-electron chi connectivity index (χ3n) is 3.61. The number of nitrogen functional groups attached to an aromatic ring is 1. The van der Waals surface area contributed by atoms with Gasteiger partial charge in [-0.3, -0.25) is 0 Å². The first-order chi connectivity index (χ1) is 9.03. The number of carboxylic acids is 1. The average molecular weight is 264 g/mol. The van der Waals surface area contributed by atoms with E-state index in [9.17, 15) is 9.90 Å². The van der Waals surface area contributed by atoms with Crippen LogP contribution in [0.3, 0.4) is 0 Å². The summed E-state index contributed by atoms with van der Waals surface area (Å²) in [6.07, 6.45) is 2.20. The van der Waals surface area contributed by atoms with Gasteiger partial charge in [-0.05, 0) is 31.0 Å². The molecule has 0 heterocycles. The molecule has 0 aliphatic carbocycles. The minimum Gasteiger partial charge on any atom is -0.478 e. The molecule has 0 aliphatic heterocycles. The van der Waals surface area contributed by atoms with E-state index in [2.05, 4.69) is 18.7 Å². The molecule has 0 aromatic heterocycles. The molecule has 0 saturated carbocycles. The van der Waals surface area contributed by atoms with Crippen molar-refractivity contribution in [2.45, 2.75) is 33.6 Å². The number of anilines is 2. The topological polar surface area (TPSA) is 66.6 Å². The Balaban J connectivity index is 3.07. The van der Waals surface area contributed by atoms with E-state index >= 15 is 0 Å². The summed E-state index contributed by atoms with van der Waals surface area (Å²) in [6, 6.07) is 5.11. The van der Waals surface area contributed by atoms with E-state index < -0.39 is 5.97 Å². The second-order valence-electron chi connectivity index (χ2n) is 4.80. The molecule has 1 aromatic rings. The van der Waals surface area contributed by atoms with Crippen molar-refractivity contribution in [1.82, 2.24) is 0 Å². The van der Waals surface area contributed by atoms with E-state index in [1.165, 1.54) is 6.07 Å². The van der Waals surface area contributed by atoms with Crippen molar-refractivity contribution in [3.63, 3.8) is 0 Å². The Bertz CT molecular complexity index is 428. The Hall–Kier alpha value is -1.71. The first-order valence-corrected chi connectivity index (χ1v) is 6.91. The first-order valence-electron chi connectivity index (χ1n) is 6.91. The summed E-state index contributed by atoms with van der Waals surface area (Å²) in [5.74, 6) is -0.343. The Morgan fingerprint density at radius 1 is 1.32 bits per heavy atom. The summed E-state index contributed by atoms with van der Waals surface area (Å²) < 4.78 is 0. The molecule has 0 saturated heterocycles. The van der Waals surface area contributed by atoms with Gasteiger partial charge in [0.05, 0.1) is 11.3 Å². The van der Waals surface area contributed by atoms with Crippen LogP contribution in [0.5, 0.6) is 0 Å². The van der Waals surface area contributed by atoms with Crippen LogP contribution in [0.2, 0.25) is 0 Å². The van der Waals surface area contributed by atoms with Gasteiger partial charge in [-0.2, -0.15) is 0 Å². The lowest BCUT2D eigenvalue weighted by Crippen LogP contribution is -2.30. The van der Waals surface area contributed by atoms with Crippen molar-refractivity contribution >= 4 is 17.3 Å². The molecule has 4 nitrogen and oxygen atoms in total. The standard InChI is InChI=1S/C15H24N2O2/c1-4-11(5-2)10-17(6-3)14-8-7-12(16)9-13(14)15(18)19/h7-9,11H,4-6,10,16H2,1-3H3,(H,18,19). The number of hydrogen-bond acceptors (Lipinski definition) is 3. The van der Waals surface area contributed by atoms with Gasteiger partial charge in [0.1, 0.15) is 0 Å². The van der Waals surface area contributed by atoms with E-state index in [1.54, 1.807) is 6.07 Å². The van der Waals surface area contributed by atoms with Crippen LogP contribution < -0.4 is 10.6 Å². The summed E-state index contributed by atoms with van der Waals surface area (Å²) >= 11 is 0. The van der Waals surface area contributed by atoms with Crippen molar-refractivity contribution in [3.05, 3.63) is 23.8 Å². The molecular weight excluding hydrogens is 240 g/mol. The summed E-state index contributed by atoms with van der Waals surface area (Å²) in [5.41, 5.74) is 7.21. The van der Waals surface area contributed by atoms with E-state index in [4.69, 9.17) is 5.73 Å². The van der Waals surface area contributed by atoms with Crippen LogP contribution in [-0.2, 0) is 0 Å². The number of hydrogen-bond donors (Lipinski definition) is 2. The fraction of sp³-hybridized carbons (Fsp3) is 0.533. The molecule has 4 heteroatoms. The highest BCUT2D eigenvalue weighted by Crippen LogP contribution is 2.25. The van der Waals surface area contributed by atoms with Gasteiger partial charge < -0.3 is 15.7 Å². The fourth-order valence-electron chi connectivity index (χ4n) is 2.26. The van der Waals surface area contributed by atoms with Crippen LogP contribution in [0, 0.1) is 5.92 Å². The van der Waals surface area contributed by atoms with Gasteiger partial charge in [0.2, 0.25) is 0 Å². The molecule has 1 aromatic carbocycles. The molecule has 1 rings (SSSR count). The summed E-state index contributed by atoms with van der Waals surface area (Å²) in [7, 11) is 0. The Morgan fingerprint density at radius 3 is 2.42 bits per heavy atom. The lowest BCUT2D eigenvalue weighted by atomic mass is 10.0. The number of nitrogens with two attached hydrogens (primary N) is 1. The molecule has 0 bridgehead atoms. The maximum Gasteiger partial charge on any atom is 0.337 e. The van der Waals surface area contributed by atoms with Crippen molar-refractivity contribution in [3.8, 4) is 0 Å². The second kappa shape index (κ2) is 7.02. The van der Waals surface area contributed by atoms with Gasteiger partial charge in [0.15, 0.2) is 0 Å². The van der Waals surface area contributed by atoms with Crippen molar-refractivity contribution in [1.29, 1.82) is 0 Å². The first kappa shape index (κ1) is 15.3. The zero-order valence-corrected chi connectivity index (χ0v) is 12.0. The lowest BCUT2D eigenvalue weighted by Gasteiger charge is -2.28. The highest BCUT2D eigenvalue weighted by atomic mass is 16.4. The van der Waals surface area contributed by atoms with Crippen LogP contribution in [0.1, 0.15) is 44.0 Å². The second-order valence-corrected chi connectivity index (χ2v) is 4.80. The van der Waals surface area contributed by atoms with Gasteiger partial charge in [-0.25, -0.2) is 4.79 Å². The molecule has 0 atom stereocenters. The SMILES string of the molecule is CCC(CC)CN(CC)c1ccc(N)cc1C(=O)O. The smallest absolute Gasteiger partial charge is 0.337 e. The predicted octanol–water partition coefficient (Wildman–Crippen LogP) is 3.23. The average Bonchev–Trinajstić information content (AvgIpc) is 2.40. The van der Waals surface area contributed by atoms with Crippen LogP contribution in [0.25, 0.3) is 0 Å². The highest BCUT2D eigenvalue weighted by Gasteiger charge is 2.17. The van der Waals surface area contributed by atoms with E-state index in [-0.39, 0.29) is 5.56 Å². The Kier molecular flexibility index (Phi) is 5.67. The van der Waals surface area contributed by atoms with Crippen LogP contribution in [0.4, 0.5) is 11.4 Å². The molecule has 0 amide bonds. The monoisotopic (exact) mass is 264 g/mol. The molecule has 106 valence electrons. The van der Waals surface area contributed by atoms with Crippen molar-refractivity contribution in [2.24, 2.45) is 5.92 Å². The van der Waals surface area contributed by atoms with Gasteiger partial charge in [0, 0.05) is 18.8 Å². The number of benzene rings is 1. The number of nitrogens with zero attached hydrogens (tertiary/aromatic N) is 1. The van der Waals surface area contributed by atoms with E-state index in [0.29, 0.717) is 11.6 Å². The largest absolute Gasteiger partial charge is 0.478 e. The summed E-state index contributed by atoms with van der Waals surface area (Å²) in [5, 5.41) is 9.30. The quantitative estimate of drug-likeness (QED) is 0.742. The van der Waals surface area contributed by atoms with Crippen molar-refractivity contribution in [2.75, 3.05) is 23.7 Å². The third-order valence-corrected chi connectivity index (χ3v) is 3.61. The zero-order chi connectivity index (χ0) is 14.4. The predicted molar refractivity (Wildman–Crippen MR) is 79.8 cm³/mol. The van der Waals surface area contributed by atoms with Crippen LogP contribution in [-0.4, -0.2) is 24.2 Å². The zero-order valence-electron chi connectivity index (χ0n) is 12.0. The normalized spacial score (nSPS) is 10.7. The van der Waals surface area contributed by atoms with Crippen molar-refractivity contribution < 1.29 is 9.90 Å². The van der Waals surface area contributed by atoms with Gasteiger partial charge in [-0.15, -0.1) is 0 Å². The molecule has 0 unspecified atom stereocenters. The van der Waals surface area contributed by atoms with Gasteiger partial charge in [0.25, 0.3) is 0 Å². The van der Waals surface area contributed by atoms with Crippen LogP contribution >= 0.6 is 0 Å². The van der Waals surface area contributed by atoms with E-state index in [1.807, 2.05) is 13.0 Å². The molecule has 0 spiro atoms. The summed E-state index contributed by atoms with van der Waals surface area (Å²) in [6.45, 7) is 8.06. The van der Waals surface area contributed by atoms with Gasteiger partial charge >= 0.3 is 5.97 Å². The molecule has 0 fully saturated rings. The van der Waals surface area contributed by atoms with E-state index in [0.717, 1.165) is 31.6 Å². The fourth-order valence-corrected chi connectivity index (χ4v) is 2.26. The molecular formula is C15H24N2O2. The maximum absolute atomic E-state index is 11.3. The lowest BCUT2D eigenvalue weighted by molar-refractivity contribution is 0.0697. The van der Waals surface area contributed by atoms with Crippen LogP contribution in [0.15, 0.2) is 18.2 Å². The molecule has 0 radical (unpaired) electrons. The molecule has 3 N–H and O–H groups in total. The van der Waals surface area contributed by atoms with Gasteiger partial charge in [-0.1, -0.05) is 26.7 Å². The Labute approximate surface area is 115 Å². The minimum absolute atomic E-state index is 0.285. The molecule has 19 heavy (non-hydrogen) atoms. The highest BCUT2D eigenvalue weighted by molar-refractivity contribution is 5.95. The molecule has 0 aliphatic rings. The number of carboxylic acid groups (broad SMARTS) is 1. The number of rotatable bonds is 7.